The highest BCUT2D eigenvalue weighted by Gasteiger charge is 2.18. The van der Waals surface area contributed by atoms with Crippen LogP contribution in [0.2, 0.25) is 0 Å². The molecule has 1 saturated carbocycles. The second-order valence-corrected chi connectivity index (χ2v) is 4.79. The summed E-state index contributed by atoms with van der Waals surface area (Å²) in [6.07, 6.45) is 5.58. The SMILES string of the molecule is Cc1ccc(C(=O)NC2CCCCC2)c(F)c1. The van der Waals surface area contributed by atoms with Crippen molar-refractivity contribution in [3.8, 4) is 0 Å². The summed E-state index contributed by atoms with van der Waals surface area (Å²) in [7, 11) is 0. The minimum absolute atomic E-state index is 0.154. The van der Waals surface area contributed by atoms with Crippen molar-refractivity contribution in [2.24, 2.45) is 0 Å². The molecule has 0 aromatic heterocycles. The summed E-state index contributed by atoms with van der Waals surface area (Å²) < 4.78 is 13.6. The van der Waals surface area contributed by atoms with E-state index < -0.39 is 5.82 Å². The number of rotatable bonds is 2. The number of nitrogens with one attached hydrogen (secondary N) is 1. The molecule has 1 aliphatic carbocycles. The Bertz CT molecular complexity index is 411. The average Bonchev–Trinajstić information content (AvgIpc) is 2.30. The third-order valence-corrected chi connectivity index (χ3v) is 3.31. The Hall–Kier alpha value is -1.38. The summed E-state index contributed by atoms with van der Waals surface area (Å²) in [4.78, 5) is 11.9. The van der Waals surface area contributed by atoms with Crippen molar-refractivity contribution in [1.29, 1.82) is 0 Å². The Morgan fingerprint density at radius 3 is 2.65 bits per heavy atom. The van der Waals surface area contributed by atoms with Crippen LogP contribution in [0.25, 0.3) is 0 Å². The lowest BCUT2D eigenvalue weighted by molar-refractivity contribution is 0.0923. The molecule has 0 bridgehead atoms. The first-order valence-electron chi connectivity index (χ1n) is 6.24. The highest BCUT2D eigenvalue weighted by Crippen LogP contribution is 2.18. The lowest BCUT2D eigenvalue weighted by atomic mass is 9.95. The molecule has 92 valence electrons. The predicted octanol–water partition coefficient (Wildman–Crippen LogP) is 3.20. The Kier molecular flexibility index (Phi) is 3.77. The maximum Gasteiger partial charge on any atom is 0.254 e. The fraction of sp³-hybridized carbons (Fsp3) is 0.500. The predicted molar refractivity (Wildman–Crippen MR) is 65.5 cm³/mol. The quantitative estimate of drug-likeness (QED) is 0.838. The van der Waals surface area contributed by atoms with Crippen molar-refractivity contribution in [2.75, 3.05) is 0 Å². The van der Waals surface area contributed by atoms with Gasteiger partial charge in [-0.1, -0.05) is 25.3 Å². The van der Waals surface area contributed by atoms with Crippen molar-refractivity contribution in [2.45, 2.75) is 45.1 Å². The van der Waals surface area contributed by atoms with Gasteiger partial charge in [-0.15, -0.1) is 0 Å². The van der Waals surface area contributed by atoms with Crippen LogP contribution >= 0.6 is 0 Å². The van der Waals surface area contributed by atoms with Gasteiger partial charge in [0.15, 0.2) is 0 Å². The van der Waals surface area contributed by atoms with Gasteiger partial charge in [0.25, 0.3) is 5.91 Å². The van der Waals surface area contributed by atoms with E-state index in [0.717, 1.165) is 31.2 Å². The summed E-state index contributed by atoms with van der Waals surface area (Å²) in [6.45, 7) is 1.81. The molecule has 0 radical (unpaired) electrons. The van der Waals surface area contributed by atoms with E-state index in [1.807, 2.05) is 6.92 Å². The number of aryl methyl sites for hydroxylation is 1. The molecule has 0 unspecified atom stereocenters. The minimum atomic E-state index is -0.432. The first kappa shape index (κ1) is 12.1. The maximum atomic E-state index is 13.6. The molecule has 1 amide bonds. The average molecular weight is 235 g/mol. The molecule has 2 nitrogen and oxygen atoms in total. The number of halogens is 1. The van der Waals surface area contributed by atoms with Gasteiger partial charge in [0, 0.05) is 6.04 Å². The molecular formula is C14H18FNO. The van der Waals surface area contributed by atoms with Crippen LogP contribution in [-0.2, 0) is 0 Å². The Labute approximate surface area is 101 Å². The molecule has 1 aliphatic rings. The molecule has 0 atom stereocenters. The zero-order valence-corrected chi connectivity index (χ0v) is 10.1. The first-order chi connectivity index (χ1) is 8.16. The van der Waals surface area contributed by atoms with Crippen LogP contribution in [0.3, 0.4) is 0 Å². The minimum Gasteiger partial charge on any atom is -0.349 e. The molecule has 0 heterocycles. The lowest BCUT2D eigenvalue weighted by Gasteiger charge is -2.22. The van der Waals surface area contributed by atoms with Crippen LogP contribution in [0.15, 0.2) is 18.2 Å². The van der Waals surface area contributed by atoms with Gasteiger partial charge in [-0.05, 0) is 37.5 Å². The van der Waals surface area contributed by atoms with E-state index in [4.69, 9.17) is 0 Å². The van der Waals surface area contributed by atoms with Gasteiger partial charge in [0.2, 0.25) is 0 Å². The molecular weight excluding hydrogens is 217 g/mol. The van der Waals surface area contributed by atoms with E-state index in [-0.39, 0.29) is 17.5 Å². The highest BCUT2D eigenvalue weighted by molar-refractivity contribution is 5.94. The molecule has 0 spiro atoms. The number of amides is 1. The van der Waals surface area contributed by atoms with Crippen LogP contribution in [0, 0.1) is 12.7 Å². The van der Waals surface area contributed by atoms with Crippen LogP contribution in [-0.4, -0.2) is 11.9 Å². The fourth-order valence-corrected chi connectivity index (χ4v) is 2.31. The van der Waals surface area contributed by atoms with Crippen molar-refractivity contribution >= 4 is 5.91 Å². The molecule has 17 heavy (non-hydrogen) atoms. The van der Waals surface area contributed by atoms with Crippen LogP contribution in [0.4, 0.5) is 4.39 Å². The summed E-state index contributed by atoms with van der Waals surface area (Å²) >= 11 is 0. The van der Waals surface area contributed by atoms with Gasteiger partial charge < -0.3 is 5.32 Å². The van der Waals surface area contributed by atoms with Gasteiger partial charge in [0.1, 0.15) is 5.82 Å². The Morgan fingerprint density at radius 2 is 2.00 bits per heavy atom. The number of carbonyl (C=O) groups excluding carboxylic acids is 1. The molecule has 1 aromatic carbocycles. The maximum absolute atomic E-state index is 13.6. The van der Waals surface area contributed by atoms with Crippen LogP contribution in [0.1, 0.15) is 48.0 Å². The fourth-order valence-electron chi connectivity index (χ4n) is 2.31. The Morgan fingerprint density at radius 1 is 1.29 bits per heavy atom. The third kappa shape index (κ3) is 3.05. The van der Waals surface area contributed by atoms with Crippen LogP contribution in [0.5, 0.6) is 0 Å². The van der Waals surface area contributed by atoms with E-state index in [9.17, 15) is 9.18 Å². The van der Waals surface area contributed by atoms with E-state index in [1.165, 1.54) is 12.5 Å². The highest BCUT2D eigenvalue weighted by atomic mass is 19.1. The van der Waals surface area contributed by atoms with Gasteiger partial charge in [-0.2, -0.15) is 0 Å². The number of hydrogen-bond donors (Lipinski definition) is 1. The second kappa shape index (κ2) is 5.30. The van der Waals surface area contributed by atoms with Crippen molar-refractivity contribution < 1.29 is 9.18 Å². The van der Waals surface area contributed by atoms with E-state index in [1.54, 1.807) is 12.1 Å². The number of benzene rings is 1. The molecule has 1 fully saturated rings. The monoisotopic (exact) mass is 235 g/mol. The topological polar surface area (TPSA) is 29.1 Å². The molecule has 2 rings (SSSR count). The lowest BCUT2D eigenvalue weighted by Crippen LogP contribution is -2.36. The van der Waals surface area contributed by atoms with E-state index in [0.29, 0.717) is 0 Å². The zero-order chi connectivity index (χ0) is 12.3. The van der Waals surface area contributed by atoms with E-state index >= 15 is 0 Å². The zero-order valence-electron chi connectivity index (χ0n) is 10.1. The van der Waals surface area contributed by atoms with Gasteiger partial charge in [0.05, 0.1) is 5.56 Å². The van der Waals surface area contributed by atoms with Gasteiger partial charge in [-0.25, -0.2) is 4.39 Å². The molecule has 0 saturated heterocycles. The van der Waals surface area contributed by atoms with Crippen molar-refractivity contribution in [3.05, 3.63) is 35.1 Å². The van der Waals surface area contributed by atoms with Gasteiger partial charge in [-0.3, -0.25) is 4.79 Å². The summed E-state index contributed by atoms with van der Waals surface area (Å²) in [5, 5.41) is 2.92. The standard InChI is InChI=1S/C14H18FNO/c1-10-7-8-12(13(15)9-10)14(17)16-11-5-3-2-4-6-11/h7-9,11H,2-6H2,1H3,(H,16,17). The summed E-state index contributed by atoms with van der Waals surface area (Å²) in [5.41, 5.74) is 0.984. The number of carbonyl (C=O) groups is 1. The largest absolute Gasteiger partial charge is 0.349 e. The second-order valence-electron chi connectivity index (χ2n) is 4.79. The van der Waals surface area contributed by atoms with Crippen LogP contribution < -0.4 is 5.32 Å². The summed E-state index contributed by atoms with van der Waals surface area (Å²) in [6, 6.07) is 4.94. The van der Waals surface area contributed by atoms with Crippen molar-refractivity contribution in [1.82, 2.24) is 5.32 Å². The molecule has 3 heteroatoms. The normalized spacial score (nSPS) is 16.8. The Balaban J connectivity index is 2.03. The molecule has 0 aliphatic heterocycles. The molecule has 1 N–H and O–H groups in total. The van der Waals surface area contributed by atoms with Crippen molar-refractivity contribution in [3.63, 3.8) is 0 Å². The van der Waals surface area contributed by atoms with Gasteiger partial charge >= 0.3 is 0 Å². The van der Waals surface area contributed by atoms with E-state index in [2.05, 4.69) is 5.32 Å². The number of hydrogen-bond acceptors (Lipinski definition) is 1. The summed E-state index contributed by atoms with van der Waals surface area (Å²) in [5.74, 6) is -0.715. The first-order valence-corrected chi connectivity index (χ1v) is 6.24. The molecule has 1 aromatic rings. The third-order valence-electron chi connectivity index (χ3n) is 3.31. The smallest absolute Gasteiger partial charge is 0.254 e.